The summed E-state index contributed by atoms with van der Waals surface area (Å²) in [4.78, 5) is 28.0. The van der Waals surface area contributed by atoms with Crippen molar-refractivity contribution in [2.75, 3.05) is 5.32 Å². The summed E-state index contributed by atoms with van der Waals surface area (Å²) in [5, 5.41) is 13.0. The Morgan fingerprint density at radius 2 is 2.22 bits per heavy atom. The normalized spacial score (nSPS) is 10.1. The summed E-state index contributed by atoms with van der Waals surface area (Å²) in [5.41, 5.74) is 0.0965. The molecule has 0 radical (unpaired) electrons. The topological polar surface area (TPSA) is 101 Å². The molecule has 8 heteroatoms. The molecule has 0 fully saturated rings. The van der Waals surface area contributed by atoms with E-state index in [-0.39, 0.29) is 11.5 Å². The molecule has 92 valence electrons. The summed E-state index contributed by atoms with van der Waals surface area (Å²) in [6.07, 6.45) is 1.53. The van der Waals surface area contributed by atoms with Crippen molar-refractivity contribution in [2.24, 2.45) is 0 Å². The summed E-state index contributed by atoms with van der Waals surface area (Å²) in [7, 11) is 0. The lowest BCUT2D eigenvalue weighted by Gasteiger charge is -2.02. The van der Waals surface area contributed by atoms with Crippen LogP contribution in [0.1, 0.15) is 10.5 Å². The van der Waals surface area contributed by atoms with Crippen molar-refractivity contribution < 1.29 is 9.72 Å². The molecule has 1 amide bonds. The molecule has 0 aliphatic rings. The number of aromatic amines is 1. The number of nitrogens with one attached hydrogen (secondary N) is 2. The van der Waals surface area contributed by atoms with E-state index in [1.807, 2.05) is 0 Å². The van der Waals surface area contributed by atoms with Crippen molar-refractivity contribution in [2.45, 2.75) is 0 Å². The number of hydrogen-bond donors (Lipinski definition) is 2. The molecular weight excluding hydrogens is 304 g/mol. The maximum atomic E-state index is 11.8. The molecule has 0 saturated carbocycles. The van der Waals surface area contributed by atoms with Gasteiger partial charge in [0.15, 0.2) is 5.69 Å². The molecule has 0 aliphatic heterocycles. The van der Waals surface area contributed by atoms with E-state index in [9.17, 15) is 14.9 Å². The first-order valence-corrected chi connectivity index (χ1v) is 5.62. The Labute approximate surface area is 110 Å². The highest BCUT2D eigenvalue weighted by atomic mass is 79.9. The van der Waals surface area contributed by atoms with Crippen molar-refractivity contribution in [1.29, 1.82) is 0 Å². The molecular formula is C10H7BrN4O3. The van der Waals surface area contributed by atoms with E-state index in [0.29, 0.717) is 10.3 Å². The molecule has 0 unspecified atom stereocenters. The van der Waals surface area contributed by atoms with Gasteiger partial charge in [-0.15, -0.1) is 0 Å². The minimum atomic E-state index is -0.604. The second kappa shape index (κ2) is 4.96. The monoisotopic (exact) mass is 310 g/mol. The van der Waals surface area contributed by atoms with Gasteiger partial charge in [0.25, 0.3) is 5.91 Å². The van der Waals surface area contributed by atoms with Gasteiger partial charge >= 0.3 is 5.82 Å². The lowest BCUT2D eigenvalue weighted by atomic mass is 10.4. The zero-order valence-electron chi connectivity index (χ0n) is 8.88. The van der Waals surface area contributed by atoms with Crippen LogP contribution in [0.2, 0.25) is 0 Å². The number of aromatic nitrogens is 2. The van der Waals surface area contributed by atoms with Gasteiger partial charge in [0, 0.05) is 12.3 Å². The Bertz CT molecular complexity index is 611. The van der Waals surface area contributed by atoms with E-state index in [0.717, 1.165) is 0 Å². The molecule has 0 saturated heterocycles. The Balaban J connectivity index is 2.17. The Hall–Kier alpha value is -2.22. The molecule has 2 aromatic heterocycles. The molecule has 0 spiro atoms. The molecule has 0 aliphatic carbocycles. The van der Waals surface area contributed by atoms with Crippen LogP contribution in [0.4, 0.5) is 11.6 Å². The van der Waals surface area contributed by atoms with Crippen LogP contribution in [0, 0.1) is 10.1 Å². The number of amides is 1. The molecule has 0 aromatic carbocycles. The van der Waals surface area contributed by atoms with E-state index < -0.39 is 10.8 Å². The van der Waals surface area contributed by atoms with Gasteiger partial charge in [-0.2, -0.15) is 0 Å². The Kier molecular flexibility index (Phi) is 3.38. The maximum absolute atomic E-state index is 11.8. The molecule has 2 rings (SSSR count). The van der Waals surface area contributed by atoms with Gasteiger partial charge in [-0.3, -0.25) is 4.79 Å². The fraction of sp³-hybridized carbons (Fsp3) is 0. The largest absolute Gasteiger partial charge is 0.358 e. The zero-order valence-corrected chi connectivity index (χ0v) is 10.5. The lowest BCUT2D eigenvalue weighted by molar-refractivity contribution is -0.389. The second-order valence-electron chi connectivity index (χ2n) is 3.30. The maximum Gasteiger partial charge on any atom is 0.321 e. The van der Waals surface area contributed by atoms with Crippen molar-refractivity contribution >= 4 is 33.5 Å². The van der Waals surface area contributed by atoms with Gasteiger partial charge in [0.05, 0.1) is 4.47 Å². The van der Waals surface area contributed by atoms with Crippen LogP contribution >= 0.6 is 15.9 Å². The van der Waals surface area contributed by atoms with E-state index in [4.69, 9.17) is 0 Å². The first-order valence-electron chi connectivity index (χ1n) is 4.83. The molecule has 2 aromatic rings. The van der Waals surface area contributed by atoms with Gasteiger partial charge in [-0.25, -0.2) is 9.97 Å². The number of nitro groups is 1. The highest BCUT2D eigenvalue weighted by molar-refractivity contribution is 9.10. The van der Waals surface area contributed by atoms with Gasteiger partial charge in [-0.1, -0.05) is 0 Å². The average Bonchev–Trinajstić information content (AvgIpc) is 2.81. The van der Waals surface area contributed by atoms with E-state index in [1.54, 1.807) is 12.1 Å². The third kappa shape index (κ3) is 2.54. The molecule has 2 N–H and O–H groups in total. The van der Waals surface area contributed by atoms with Crippen LogP contribution in [-0.2, 0) is 0 Å². The van der Waals surface area contributed by atoms with Crippen LogP contribution < -0.4 is 5.32 Å². The molecule has 0 atom stereocenters. The number of nitrogens with zero attached hydrogens (tertiary/aromatic N) is 2. The van der Waals surface area contributed by atoms with Gasteiger partial charge in [0.2, 0.25) is 0 Å². The van der Waals surface area contributed by atoms with Crippen LogP contribution in [0.5, 0.6) is 0 Å². The number of rotatable bonds is 3. The minimum Gasteiger partial charge on any atom is -0.358 e. The fourth-order valence-corrected chi connectivity index (χ4v) is 1.63. The van der Waals surface area contributed by atoms with Gasteiger partial charge in [0.1, 0.15) is 5.82 Å². The minimum absolute atomic E-state index is 0.0965. The highest BCUT2D eigenvalue weighted by Crippen LogP contribution is 2.19. The van der Waals surface area contributed by atoms with Crippen molar-refractivity contribution in [1.82, 2.24) is 9.97 Å². The third-order valence-corrected chi connectivity index (χ3v) is 2.74. The van der Waals surface area contributed by atoms with Crippen molar-refractivity contribution in [3.8, 4) is 0 Å². The van der Waals surface area contributed by atoms with E-state index in [1.165, 1.54) is 18.3 Å². The third-order valence-electron chi connectivity index (χ3n) is 2.10. The SMILES string of the molecule is O=C(Nc1ncccc1Br)c1ccc([N+](=O)[O-])[nH]1. The number of carbonyl (C=O) groups is 1. The summed E-state index contributed by atoms with van der Waals surface area (Å²) in [5.74, 6) is -0.387. The second-order valence-corrected chi connectivity index (χ2v) is 4.16. The zero-order chi connectivity index (χ0) is 13.1. The number of carbonyl (C=O) groups excluding carboxylic acids is 1. The van der Waals surface area contributed by atoms with Crippen molar-refractivity contribution in [3.05, 3.63) is 50.7 Å². The Morgan fingerprint density at radius 3 is 2.83 bits per heavy atom. The molecule has 0 bridgehead atoms. The number of hydrogen-bond acceptors (Lipinski definition) is 4. The lowest BCUT2D eigenvalue weighted by Crippen LogP contribution is -2.13. The number of halogens is 1. The molecule has 7 nitrogen and oxygen atoms in total. The number of anilines is 1. The van der Waals surface area contributed by atoms with Crippen LogP contribution in [0.3, 0.4) is 0 Å². The number of pyridine rings is 1. The summed E-state index contributed by atoms with van der Waals surface area (Å²) in [6, 6.07) is 5.99. The Morgan fingerprint density at radius 1 is 1.44 bits per heavy atom. The predicted octanol–water partition coefficient (Wildman–Crippen LogP) is 2.33. The van der Waals surface area contributed by atoms with Gasteiger partial charge in [-0.05, 0) is 39.1 Å². The fourth-order valence-electron chi connectivity index (χ4n) is 1.28. The van der Waals surface area contributed by atoms with Crippen LogP contribution in [0.25, 0.3) is 0 Å². The summed E-state index contributed by atoms with van der Waals surface area (Å²) in [6.45, 7) is 0. The van der Waals surface area contributed by atoms with Crippen LogP contribution in [-0.4, -0.2) is 20.8 Å². The standard InChI is InChI=1S/C10H7BrN4O3/c11-6-2-1-5-12-9(6)14-10(16)7-3-4-8(13-7)15(17)18/h1-5,13H,(H,12,14,16). The van der Waals surface area contributed by atoms with Gasteiger partial charge < -0.3 is 15.4 Å². The molecule has 2 heterocycles. The average molecular weight is 311 g/mol. The summed E-state index contributed by atoms with van der Waals surface area (Å²) < 4.78 is 0.624. The van der Waals surface area contributed by atoms with Crippen molar-refractivity contribution in [3.63, 3.8) is 0 Å². The van der Waals surface area contributed by atoms with Crippen LogP contribution in [0.15, 0.2) is 34.9 Å². The smallest absolute Gasteiger partial charge is 0.321 e. The molecule has 18 heavy (non-hydrogen) atoms. The first-order chi connectivity index (χ1) is 8.58. The quantitative estimate of drug-likeness (QED) is 0.671. The number of H-pyrrole nitrogens is 1. The van der Waals surface area contributed by atoms with E-state index in [2.05, 4.69) is 31.2 Å². The summed E-state index contributed by atoms with van der Waals surface area (Å²) >= 11 is 3.23. The van der Waals surface area contributed by atoms with E-state index >= 15 is 0 Å². The predicted molar refractivity (Wildman–Crippen MR) is 67.3 cm³/mol. The highest BCUT2D eigenvalue weighted by Gasteiger charge is 2.16. The first kappa shape index (κ1) is 12.2.